The second-order valence-electron chi connectivity index (χ2n) is 6.84. The van der Waals surface area contributed by atoms with Crippen LogP contribution in [0.4, 0.5) is 23.7 Å². The zero-order chi connectivity index (χ0) is 21.9. The molecule has 2 N–H and O–H groups in total. The molecule has 0 atom stereocenters. The number of hydrogen-bond donors (Lipinski definition) is 2. The Hall–Kier alpha value is -3.36. The van der Waals surface area contributed by atoms with Crippen LogP contribution in [0.15, 0.2) is 42.5 Å². The van der Waals surface area contributed by atoms with Crippen molar-refractivity contribution < 1.29 is 22.7 Å². The summed E-state index contributed by atoms with van der Waals surface area (Å²) in [6.45, 7) is 0.847. The maximum Gasteiger partial charge on any atom is 0.416 e. The van der Waals surface area contributed by atoms with Crippen LogP contribution in [0, 0.1) is 10.8 Å². The summed E-state index contributed by atoms with van der Waals surface area (Å²) in [6.07, 6.45) is -2.18. The second kappa shape index (κ2) is 8.56. The van der Waals surface area contributed by atoms with Gasteiger partial charge in [0, 0.05) is 49.4 Å². The van der Waals surface area contributed by atoms with Crippen molar-refractivity contribution in [2.45, 2.75) is 18.6 Å². The lowest BCUT2D eigenvalue weighted by molar-refractivity contribution is -0.137. The largest absolute Gasteiger partial charge is 0.496 e. The van der Waals surface area contributed by atoms with Crippen molar-refractivity contribution in [1.29, 1.82) is 10.8 Å². The number of amides is 2. The summed E-state index contributed by atoms with van der Waals surface area (Å²) in [4.78, 5) is 15.9. The SMILES string of the molecule is COc1cc(N2CCN(Cc3cccc(C(F)(F)F)c3)C2=O)ccc1C(C=N)C=N. The van der Waals surface area contributed by atoms with Crippen molar-refractivity contribution in [2.75, 3.05) is 25.1 Å². The van der Waals surface area contributed by atoms with Gasteiger partial charge in [0.25, 0.3) is 0 Å². The summed E-state index contributed by atoms with van der Waals surface area (Å²) in [7, 11) is 1.47. The normalized spacial score (nSPS) is 15.3. The van der Waals surface area contributed by atoms with E-state index in [1.165, 1.54) is 23.0 Å². The van der Waals surface area contributed by atoms with Crippen molar-refractivity contribution in [1.82, 2.24) is 4.90 Å². The van der Waals surface area contributed by atoms with Crippen LogP contribution in [-0.4, -0.2) is 43.6 Å². The smallest absolute Gasteiger partial charge is 0.416 e. The van der Waals surface area contributed by atoms with E-state index < -0.39 is 17.7 Å². The molecule has 3 rings (SSSR count). The fourth-order valence-corrected chi connectivity index (χ4v) is 3.41. The van der Waals surface area contributed by atoms with Crippen LogP contribution < -0.4 is 9.64 Å². The minimum Gasteiger partial charge on any atom is -0.496 e. The fraction of sp³-hybridized carbons (Fsp3) is 0.286. The summed E-state index contributed by atoms with van der Waals surface area (Å²) in [6, 6.07) is 9.75. The van der Waals surface area contributed by atoms with Crippen molar-refractivity contribution in [2.24, 2.45) is 0 Å². The molecule has 2 aromatic rings. The molecule has 0 aromatic heterocycles. The minimum absolute atomic E-state index is 0.0815. The van der Waals surface area contributed by atoms with E-state index >= 15 is 0 Å². The molecule has 1 aliphatic rings. The third-order valence-electron chi connectivity index (χ3n) is 4.97. The topological polar surface area (TPSA) is 80.5 Å². The van der Waals surface area contributed by atoms with Gasteiger partial charge in [-0.25, -0.2) is 4.79 Å². The Labute approximate surface area is 171 Å². The number of carbonyl (C=O) groups excluding carboxylic acids is 1. The number of halogens is 3. The van der Waals surface area contributed by atoms with Crippen molar-refractivity contribution >= 4 is 24.1 Å². The molecular weight excluding hydrogens is 397 g/mol. The number of methoxy groups -OCH3 is 1. The van der Waals surface area contributed by atoms with Crippen molar-refractivity contribution in [3.63, 3.8) is 0 Å². The Morgan fingerprint density at radius 1 is 1.13 bits per heavy atom. The summed E-state index contributed by atoms with van der Waals surface area (Å²) >= 11 is 0. The van der Waals surface area contributed by atoms with Gasteiger partial charge in [0.1, 0.15) is 5.75 Å². The molecular formula is C21H21F3N4O2. The van der Waals surface area contributed by atoms with Crippen LogP contribution in [0.5, 0.6) is 5.75 Å². The summed E-state index contributed by atoms with van der Waals surface area (Å²) in [5.41, 5.74) is 0.892. The third kappa shape index (κ3) is 4.29. The van der Waals surface area contributed by atoms with Gasteiger partial charge in [-0.3, -0.25) is 4.90 Å². The maximum absolute atomic E-state index is 12.9. The zero-order valence-electron chi connectivity index (χ0n) is 16.2. The van der Waals surface area contributed by atoms with Gasteiger partial charge in [0.2, 0.25) is 0 Å². The lowest BCUT2D eigenvalue weighted by atomic mass is 10.00. The van der Waals surface area contributed by atoms with Crippen molar-refractivity contribution in [3.05, 3.63) is 59.2 Å². The summed E-state index contributed by atoms with van der Waals surface area (Å²) in [5.74, 6) is -0.0747. The molecule has 0 unspecified atom stereocenters. The van der Waals surface area contributed by atoms with Crippen LogP contribution in [0.1, 0.15) is 22.6 Å². The number of nitrogens with zero attached hydrogens (tertiary/aromatic N) is 2. The van der Waals surface area contributed by atoms with Gasteiger partial charge in [0.15, 0.2) is 0 Å². The molecule has 30 heavy (non-hydrogen) atoms. The van der Waals surface area contributed by atoms with E-state index in [4.69, 9.17) is 15.6 Å². The fourth-order valence-electron chi connectivity index (χ4n) is 3.41. The molecule has 9 heteroatoms. The van der Waals surface area contributed by atoms with Gasteiger partial charge in [-0.2, -0.15) is 13.2 Å². The first kappa shape index (κ1) is 21.4. The highest BCUT2D eigenvalue weighted by atomic mass is 19.4. The van der Waals surface area contributed by atoms with Gasteiger partial charge < -0.3 is 20.5 Å². The number of hydrogen-bond acceptors (Lipinski definition) is 4. The van der Waals surface area contributed by atoms with Gasteiger partial charge in [0.05, 0.1) is 18.6 Å². The number of ether oxygens (including phenoxy) is 1. The number of alkyl halides is 3. The van der Waals surface area contributed by atoms with Crippen molar-refractivity contribution in [3.8, 4) is 5.75 Å². The van der Waals surface area contributed by atoms with E-state index in [-0.39, 0.29) is 12.6 Å². The van der Waals surface area contributed by atoms with E-state index in [0.717, 1.165) is 24.6 Å². The average molecular weight is 418 g/mol. The predicted octanol–water partition coefficient (Wildman–Crippen LogP) is 4.54. The predicted molar refractivity (Wildman–Crippen MR) is 108 cm³/mol. The molecule has 0 spiro atoms. The van der Waals surface area contributed by atoms with Gasteiger partial charge in [-0.1, -0.05) is 18.2 Å². The molecule has 2 aromatic carbocycles. The Balaban J connectivity index is 1.79. The van der Waals surface area contributed by atoms with Gasteiger partial charge >= 0.3 is 12.2 Å². The maximum atomic E-state index is 12.9. The van der Waals surface area contributed by atoms with E-state index in [1.54, 1.807) is 24.3 Å². The standard InChI is InChI=1S/C21H21F3N4O2/c1-30-19-10-17(5-6-18(19)15(11-25)12-26)28-8-7-27(20(28)29)13-14-3-2-4-16(9-14)21(22,23)24/h2-6,9-12,15,25-26H,7-8,13H2,1H3. The highest BCUT2D eigenvalue weighted by Gasteiger charge is 2.32. The minimum atomic E-state index is -4.43. The Morgan fingerprint density at radius 3 is 2.50 bits per heavy atom. The van der Waals surface area contributed by atoms with Gasteiger partial charge in [-0.15, -0.1) is 0 Å². The number of urea groups is 1. The lowest BCUT2D eigenvalue weighted by Gasteiger charge is -2.21. The van der Waals surface area contributed by atoms with E-state index in [9.17, 15) is 18.0 Å². The first-order valence-electron chi connectivity index (χ1n) is 9.20. The Kier molecular flexibility index (Phi) is 6.09. The molecule has 6 nitrogen and oxygen atoms in total. The molecule has 1 fully saturated rings. The molecule has 158 valence electrons. The van der Waals surface area contributed by atoms with Crippen LogP contribution in [0.3, 0.4) is 0 Å². The number of carbonyl (C=O) groups is 1. The van der Waals surface area contributed by atoms with E-state index in [1.807, 2.05) is 0 Å². The van der Waals surface area contributed by atoms with E-state index in [0.29, 0.717) is 35.7 Å². The van der Waals surface area contributed by atoms with Crippen LogP contribution in [0.25, 0.3) is 0 Å². The molecule has 0 saturated carbocycles. The summed E-state index contributed by atoms with van der Waals surface area (Å²) < 4.78 is 44.1. The van der Waals surface area contributed by atoms with Crippen LogP contribution >= 0.6 is 0 Å². The lowest BCUT2D eigenvalue weighted by Crippen LogP contribution is -2.31. The number of rotatable bonds is 7. The molecule has 0 radical (unpaired) electrons. The molecule has 0 bridgehead atoms. The summed E-state index contributed by atoms with van der Waals surface area (Å²) in [5, 5.41) is 14.9. The van der Waals surface area contributed by atoms with Crippen LogP contribution in [0.2, 0.25) is 0 Å². The highest BCUT2D eigenvalue weighted by Crippen LogP contribution is 2.32. The second-order valence-corrected chi connectivity index (χ2v) is 6.84. The quantitative estimate of drug-likeness (QED) is 0.648. The number of nitrogens with one attached hydrogen (secondary N) is 2. The zero-order valence-corrected chi connectivity index (χ0v) is 16.2. The molecule has 1 aliphatic heterocycles. The first-order valence-corrected chi connectivity index (χ1v) is 9.20. The Bertz CT molecular complexity index is 954. The molecule has 1 heterocycles. The number of benzene rings is 2. The molecule has 0 aliphatic carbocycles. The Morgan fingerprint density at radius 2 is 1.87 bits per heavy atom. The highest BCUT2D eigenvalue weighted by molar-refractivity contribution is 5.95. The van der Waals surface area contributed by atoms with Gasteiger partial charge in [-0.05, 0) is 23.8 Å². The first-order chi connectivity index (χ1) is 14.3. The van der Waals surface area contributed by atoms with Crippen LogP contribution in [-0.2, 0) is 12.7 Å². The monoisotopic (exact) mass is 418 g/mol. The number of anilines is 1. The third-order valence-corrected chi connectivity index (χ3v) is 4.97. The average Bonchev–Trinajstić information content (AvgIpc) is 3.09. The molecule has 1 saturated heterocycles. The molecule has 2 amide bonds. The van der Waals surface area contributed by atoms with E-state index in [2.05, 4.69) is 0 Å².